The zero-order valence-corrected chi connectivity index (χ0v) is 16.2. The maximum atomic E-state index is 6.25. The van der Waals surface area contributed by atoms with Crippen LogP contribution in [0.2, 0.25) is 0 Å². The van der Waals surface area contributed by atoms with Crippen LogP contribution in [0.5, 0.6) is 5.75 Å². The third-order valence-electron chi connectivity index (χ3n) is 5.59. The molecule has 1 saturated carbocycles. The molecule has 1 aliphatic carbocycles. The van der Waals surface area contributed by atoms with Gasteiger partial charge in [-0.3, -0.25) is 4.40 Å². The molecular weight excluding hydrogens is 360 g/mol. The number of benzene rings is 2. The second kappa shape index (κ2) is 7.24. The van der Waals surface area contributed by atoms with Gasteiger partial charge >= 0.3 is 0 Å². The summed E-state index contributed by atoms with van der Waals surface area (Å²) in [5.41, 5.74) is 11.0. The second-order valence-electron chi connectivity index (χ2n) is 7.61. The van der Waals surface area contributed by atoms with Gasteiger partial charge in [-0.1, -0.05) is 42.8 Å². The van der Waals surface area contributed by atoms with Gasteiger partial charge in [-0.25, -0.2) is 9.97 Å². The summed E-state index contributed by atoms with van der Waals surface area (Å²) in [5, 5.41) is 0. The molecule has 0 amide bonds. The molecule has 2 N–H and O–H groups in total. The summed E-state index contributed by atoms with van der Waals surface area (Å²) in [4.78, 5) is 9.29. The van der Waals surface area contributed by atoms with Crippen LogP contribution >= 0.6 is 0 Å². The highest BCUT2D eigenvalue weighted by Crippen LogP contribution is 2.39. The van der Waals surface area contributed by atoms with Crippen molar-refractivity contribution in [2.75, 3.05) is 5.73 Å². The number of anilines is 1. The Hall–Kier alpha value is -3.34. The average molecular weight is 383 g/mol. The Morgan fingerprint density at radius 3 is 2.79 bits per heavy atom. The van der Waals surface area contributed by atoms with E-state index in [1.165, 1.54) is 19.3 Å². The molecule has 1 aliphatic rings. The first-order chi connectivity index (χ1) is 14.2. The fourth-order valence-electron chi connectivity index (χ4n) is 3.86. The molecule has 1 fully saturated rings. The molecule has 0 bridgehead atoms. The quantitative estimate of drug-likeness (QED) is 0.526. The predicted octanol–water partition coefficient (Wildman–Crippen LogP) is 5.01. The maximum absolute atomic E-state index is 6.25. The van der Waals surface area contributed by atoms with Crippen LogP contribution in [0, 0.1) is 6.92 Å². The predicted molar refractivity (Wildman–Crippen MR) is 115 cm³/mol. The van der Waals surface area contributed by atoms with Gasteiger partial charge in [0.25, 0.3) is 0 Å². The van der Waals surface area contributed by atoms with E-state index in [-0.39, 0.29) is 0 Å². The summed E-state index contributed by atoms with van der Waals surface area (Å²) in [5.74, 6) is 2.87. The highest BCUT2D eigenvalue weighted by Gasteiger charge is 2.26. The first-order valence-electron chi connectivity index (χ1n) is 9.95. The van der Waals surface area contributed by atoms with Crippen molar-refractivity contribution < 1.29 is 4.74 Å². The standard InChI is InChI=1S/C24H23N4O/c1-16-5-2-6-17(13-16)15-29-20-10-4-9-19(14-20)21-22-23(25)26-11-12-28(22)24(27-21)18-7-3-8-18/h2,4-6,9-14,18H,1,3,7-8,15H2,(H2,25,26). The van der Waals surface area contributed by atoms with Gasteiger partial charge in [0, 0.05) is 23.9 Å². The molecule has 5 nitrogen and oxygen atoms in total. The lowest BCUT2D eigenvalue weighted by Crippen LogP contribution is -2.12. The number of rotatable bonds is 5. The Labute approximate surface area is 170 Å². The number of hydrogen-bond acceptors (Lipinski definition) is 4. The molecule has 0 spiro atoms. The van der Waals surface area contributed by atoms with Crippen LogP contribution in [-0.4, -0.2) is 14.4 Å². The molecule has 5 rings (SSSR count). The van der Waals surface area contributed by atoms with Crippen molar-refractivity contribution in [3.05, 3.63) is 84.8 Å². The van der Waals surface area contributed by atoms with E-state index in [0.29, 0.717) is 18.3 Å². The number of imidazole rings is 1. The van der Waals surface area contributed by atoms with Crippen molar-refractivity contribution >= 4 is 11.3 Å². The van der Waals surface area contributed by atoms with Gasteiger partial charge in [-0.05, 0) is 43.0 Å². The van der Waals surface area contributed by atoms with Crippen molar-refractivity contribution in [2.24, 2.45) is 0 Å². The van der Waals surface area contributed by atoms with E-state index in [1.807, 2.05) is 54.7 Å². The van der Waals surface area contributed by atoms with Crippen LogP contribution in [0.4, 0.5) is 5.82 Å². The summed E-state index contributed by atoms with van der Waals surface area (Å²) in [6.07, 6.45) is 7.31. The van der Waals surface area contributed by atoms with E-state index in [4.69, 9.17) is 15.5 Å². The van der Waals surface area contributed by atoms with Gasteiger partial charge in [-0.15, -0.1) is 0 Å². The number of nitrogens with two attached hydrogens (primary N) is 1. The highest BCUT2D eigenvalue weighted by molar-refractivity contribution is 5.85. The number of ether oxygens (including phenoxy) is 1. The Morgan fingerprint density at radius 2 is 2.00 bits per heavy atom. The van der Waals surface area contributed by atoms with E-state index in [0.717, 1.165) is 39.5 Å². The zero-order valence-electron chi connectivity index (χ0n) is 16.2. The molecule has 4 aromatic rings. The largest absolute Gasteiger partial charge is 0.489 e. The number of aromatic nitrogens is 3. The molecule has 2 aromatic carbocycles. The van der Waals surface area contributed by atoms with E-state index >= 15 is 0 Å². The fourth-order valence-corrected chi connectivity index (χ4v) is 3.86. The van der Waals surface area contributed by atoms with E-state index < -0.39 is 0 Å². The third kappa shape index (κ3) is 3.33. The number of fused-ring (bicyclic) bond motifs is 1. The molecule has 29 heavy (non-hydrogen) atoms. The summed E-state index contributed by atoms with van der Waals surface area (Å²) < 4.78 is 8.13. The Balaban J connectivity index is 1.50. The van der Waals surface area contributed by atoms with Crippen LogP contribution in [-0.2, 0) is 6.61 Å². The Kier molecular flexibility index (Phi) is 4.43. The van der Waals surface area contributed by atoms with Crippen molar-refractivity contribution in [3.63, 3.8) is 0 Å². The van der Waals surface area contributed by atoms with Crippen molar-refractivity contribution in [1.29, 1.82) is 0 Å². The average Bonchev–Trinajstić information content (AvgIpc) is 3.06. The third-order valence-corrected chi connectivity index (χ3v) is 5.59. The molecule has 2 aromatic heterocycles. The minimum Gasteiger partial charge on any atom is -0.489 e. The monoisotopic (exact) mass is 383 g/mol. The van der Waals surface area contributed by atoms with Crippen molar-refractivity contribution in [1.82, 2.24) is 14.4 Å². The molecule has 1 radical (unpaired) electrons. The van der Waals surface area contributed by atoms with E-state index in [2.05, 4.69) is 16.3 Å². The SMILES string of the molecule is [CH2]c1cccc(COc2cccc(-c3nc(C4CCC4)n4ccnc(N)c34)c2)c1. The van der Waals surface area contributed by atoms with Crippen LogP contribution in [0.3, 0.4) is 0 Å². The van der Waals surface area contributed by atoms with E-state index in [9.17, 15) is 0 Å². The summed E-state index contributed by atoms with van der Waals surface area (Å²) in [6, 6.07) is 16.1. The minimum absolute atomic E-state index is 0.493. The van der Waals surface area contributed by atoms with Gasteiger partial charge in [0.05, 0.1) is 0 Å². The first kappa shape index (κ1) is 17.7. The molecule has 145 valence electrons. The molecule has 2 heterocycles. The lowest BCUT2D eigenvalue weighted by molar-refractivity contribution is 0.306. The highest BCUT2D eigenvalue weighted by atomic mass is 16.5. The topological polar surface area (TPSA) is 65.4 Å². The second-order valence-corrected chi connectivity index (χ2v) is 7.61. The number of nitrogens with zero attached hydrogens (tertiary/aromatic N) is 3. The lowest BCUT2D eigenvalue weighted by atomic mass is 9.85. The van der Waals surface area contributed by atoms with Crippen LogP contribution in [0.15, 0.2) is 60.9 Å². The van der Waals surface area contributed by atoms with E-state index in [1.54, 1.807) is 6.20 Å². The fraction of sp³-hybridized carbons (Fsp3) is 0.208. The van der Waals surface area contributed by atoms with Crippen molar-refractivity contribution in [2.45, 2.75) is 31.8 Å². The smallest absolute Gasteiger partial charge is 0.150 e. The van der Waals surface area contributed by atoms with Crippen molar-refractivity contribution in [3.8, 4) is 17.0 Å². The number of nitrogen functional groups attached to an aromatic ring is 1. The Morgan fingerprint density at radius 1 is 1.14 bits per heavy atom. The van der Waals surface area contributed by atoms with Gasteiger partial charge in [0.15, 0.2) is 0 Å². The zero-order chi connectivity index (χ0) is 19.8. The first-order valence-corrected chi connectivity index (χ1v) is 9.95. The molecular formula is C24H23N4O. The summed E-state index contributed by atoms with van der Waals surface area (Å²) in [6.45, 7) is 4.47. The molecule has 0 unspecified atom stereocenters. The summed E-state index contributed by atoms with van der Waals surface area (Å²) in [7, 11) is 0. The Bertz CT molecular complexity index is 1180. The normalized spacial score (nSPS) is 14.1. The maximum Gasteiger partial charge on any atom is 0.150 e. The van der Waals surface area contributed by atoms with Gasteiger partial charge in [0.1, 0.15) is 35.2 Å². The summed E-state index contributed by atoms with van der Waals surface area (Å²) >= 11 is 0. The molecule has 5 heteroatoms. The van der Waals surface area contributed by atoms with Crippen LogP contribution in [0.1, 0.15) is 42.1 Å². The number of hydrogen-bond donors (Lipinski definition) is 1. The van der Waals surface area contributed by atoms with Gasteiger partial charge in [0.2, 0.25) is 0 Å². The van der Waals surface area contributed by atoms with Gasteiger partial charge in [-0.2, -0.15) is 0 Å². The molecule has 0 atom stereocenters. The molecule has 0 saturated heterocycles. The lowest BCUT2D eigenvalue weighted by Gasteiger charge is -2.23. The van der Waals surface area contributed by atoms with Crippen LogP contribution < -0.4 is 10.5 Å². The van der Waals surface area contributed by atoms with Crippen LogP contribution in [0.25, 0.3) is 16.8 Å². The molecule has 0 aliphatic heterocycles. The minimum atomic E-state index is 0.493. The van der Waals surface area contributed by atoms with Gasteiger partial charge < -0.3 is 10.5 Å².